The van der Waals surface area contributed by atoms with Gasteiger partial charge in [-0.25, -0.2) is 0 Å². The van der Waals surface area contributed by atoms with Crippen molar-refractivity contribution in [2.24, 2.45) is 0 Å². The molecule has 1 unspecified atom stereocenters. The molecule has 0 saturated carbocycles. The lowest BCUT2D eigenvalue weighted by molar-refractivity contribution is 0.0310. The molecule has 0 radical (unpaired) electrons. The van der Waals surface area contributed by atoms with Crippen molar-refractivity contribution in [2.45, 2.75) is 31.5 Å². The fourth-order valence-corrected chi connectivity index (χ4v) is 2.96. The third kappa shape index (κ3) is 5.57. The molecule has 1 heterocycles. The number of ether oxygens (including phenoxy) is 1. The Morgan fingerprint density at radius 2 is 2.10 bits per heavy atom. The Hall–Kier alpha value is -0.650. The summed E-state index contributed by atoms with van der Waals surface area (Å²) in [6, 6.07) is 8.49. The van der Waals surface area contributed by atoms with E-state index in [-0.39, 0.29) is 6.10 Å². The number of nitrogens with zero attached hydrogens (tertiary/aromatic N) is 1. The molecule has 0 amide bonds. The number of rotatable bonds is 7. The minimum Gasteiger partial charge on any atom is -0.389 e. The van der Waals surface area contributed by atoms with Gasteiger partial charge in [-0.1, -0.05) is 29.8 Å². The van der Waals surface area contributed by atoms with E-state index in [0.717, 1.165) is 43.1 Å². The van der Waals surface area contributed by atoms with E-state index in [1.807, 2.05) is 18.2 Å². The van der Waals surface area contributed by atoms with E-state index in [1.54, 1.807) is 7.11 Å². The van der Waals surface area contributed by atoms with Crippen LogP contribution in [0.15, 0.2) is 24.3 Å². The molecule has 0 bridgehead atoms. The van der Waals surface area contributed by atoms with Crippen LogP contribution in [0.3, 0.4) is 0 Å². The van der Waals surface area contributed by atoms with E-state index >= 15 is 0 Å². The third-order valence-corrected chi connectivity index (χ3v) is 4.32. The highest BCUT2D eigenvalue weighted by atomic mass is 35.5. The van der Waals surface area contributed by atoms with Crippen LogP contribution < -0.4 is 5.32 Å². The van der Waals surface area contributed by atoms with Crippen LogP contribution in [0.5, 0.6) is 0 Å². The second-order valence-corrected chi connectivity index (χ2v) is 6.06. The summed E-state index contributed by atoms with van der Waals surface area (Å²) in [4.78, 5) is 2.30. The SMILES string of the molecule is COCC(O)CN1CCC(NCc2ccccc2Cl)CC1. The van der Waals surface area contributed by atoms with E-state index in [0.29, 0.717) is 19.2 Å². The molecule has 0 aromatic heterocycles. The number of hydrogen-bond acceptors (Lipinski definition) is 4. The molecule has 21 heavy (non-hydrogen) atoms. The number of aliphatic hydroxyl groups is 1. The second kappa shape index (κ2) is 8.71. The first-order valence-corrected chi connectivity index (χ1v) is 7.93. The Balaban J connectivity index is 1.68. The normalized spacial score (nSPS) is 18.8. The van der Waals surface area contributed by atoms with Gasteiger partial charge in [0.1, 0.15) is 0 Å². The molecule has 1 aromatic rings. The van der Waals surface area contributed by atoms with Crippen LogP contribution in [-0.2, 0) is 11.3 Å². The number of β-amino-alcohol motifs (C(OH)–C–C–N with tert-alkyl or cyclic N) is 1. The fourth-order valence-electron chi connectivity index (χ4n) is 2.76. The Kier molecular flexibility index (Phi) is 6.93. The van der Waals surface area contributed by atoms with Crippen LogP contribution in [0.1, 0.15) is 18.4 Å². The quantitative estimate of drug-likeness (QED) is 0.807. The molecular formula is C16H25ClN2O2. The van der Waals surface area contributed by atoms with Crippen LogP contribution >= 0.6 is 11.6 Å². The van der Waals surface area contributed by atoms with Crippen LogP contribution in [0, 0.1) is 0 Å². The predicted molar refractivity (Wildman–Crippen MR) is 85.6 cm³/mol. The fraction of sp³-hybridized carbons (Fsp3) is 0.625. The lowest BCUT2D eigenvalue weighted by atomic mass is 10.0. The smallest absolute Gasteiger partial charge is 0.0900 e. The molecule has 2 N–H and O–H groups in total. The monoisotopic (exact) mass is 312 g/mol. The van der Waals surface area contributed by atoms with Crippen molar-refractivity contribution < 1.29 is 9.84 Å². The van der Waals surface area contributed by atoms with Crippen LogP contribution in [0.2, 0.25) is 5.02 Å². The van der Waals surface area contributed by atoms with Gasteiger partial charge in [0.15, 0.2) is 0 Å². The van der Waals surface area contributed by atoms with Crippen LogP contribution in [-0.4, -0.2) is 55.5 Å². The first-order valence-electron chi connectivity index (χ1n) is 7.55. The second-order valence-electron chi connectivity index (χ2n) is 5.66. The van der Waals surface area contributed by atoms with Crippen molar-refractivity contribution in [3.8, 4) is 0 Å². The molecule has 118 valence electrons. The van der Waals surface area contributed by atoms with Gasteiger partial charge in [-0.3, -0.25) is 0 Å². The zero-order valence-electron chi connectivity index (χ0n) is 12.6. The van der Waals surface area contributed by atoms with Gasteiger partial charge in [0, 0.05) is 31.3 Å². The van der Waals surface area contributed by atoms with Crippen molar-refractivity contribution in [3.05, 3.63) is 34.9 Å². The summed E-state index contributed by atoms with van der Waals surface area (Å²) >= 11 is 6.16. The predicted octanol–water partition coefficient (Wildman–Crippen LogP) is 1.90. The van der Waals surface area contributed by atoms with Crippen molar-refractivity contribution in [2.75, 3.05) is 33.4 Å². The first kappa shape index (κ1) is 16.7. The molecule has 1 saturated heterocycles. The summed E-state index contributed by atoms with van der Waals surface area (Å²) in [6.45, 7) is 3.95. The maximum atomic E-state index is 9.75. The van der Waals surface area contributed by atoms with E-state index in [9.17, 15) is 5.11 Å². The Morgan fingerprint density at radius 3 is 2.76 bits per heavy atom. The van der Waals surface area contributed by atoms with Gasteiger partial charge >= 0.3 is 0 Å². The summed E-state index contributed by atoms with van der Waals surface area (Å²) in [5.74, 6) is 0. The minimum atomic E-state index is -0.386. The van der Waals surface area contributed by atoms with E-state index in [1.165, 1.54) is 0 Å². The summed E-state index contributed by atoms with van der Waals surface area (Å²) in [7, 11) is 1.62. The Bertz CT molecular complexity index is 422. The summed E-state index contributed by atoms with van der Waals surface area (Å²) in [5.41, 5.74) is 1.15. The van der Waals surface area contributed by atoms with Gasteiger partial charge in [-0.2, -0.15) is 0 Å². The lowest BCUT2D eigenvalue weighted by Gasteiger charge is -2.33. The summed E-state index contributed by atoms with van der Waals surface area (Å²) in [6.07, 6.45) is 1.82. The van der Waals surface area contributed by atoms with Gasteiger partial charge in [0.25, 0.3) is 0 Å². The average molecular weight is 313 g/mol. The van der Waals surface area contributed by atoms with Crippen LogP contribution in [0.4, 0.5) is 0 Å². The maximum Gasteiger partial charge on any atom is 0.0900 e. The molecule has 0 spiro atoms. The topological polar surface area (TPSA) is 44.7 Å². The zero-order valence-corrected chi connectivity index (χ0v) is 13.4. The Morgan fingerprint density at radius 1 is 1.38 bits per heavy atom. The minimum absolute atomic E-state index is 0.386. The molecule has 5 heteroatoms. The zero-order chi connectivity index (χ0) is 15.1. The van der Waals surface area contributed by atoms with Crippen molar-refractivity contribution in [1.82, 2.24) is 10.2 Å². The van der Waals surface area contributed by atoms with Gasteiger partial charge in [-0.15, -0.1) is 0 Å². The van der Waals surface area contributed by atoms with E-state index < -0.39 is 0 Å². The highest BCUT2D eigenvalue weighted by Gasteiger charge is 2.20. The molecule has 1 fully saturated rings. The molecule has 1 aromatic carbocycles. The molecule has 1 atom stereocenters. The number of methoxy groups -OCH3 is 1. The van der Waals surface area contributed by atoms with Crippen LogP contribution in [0.25, 0.3) is 0 Å². The van der Waals surface area contributed by atoms with Gasteiger partial charge in [0.2, 0.25) is 0 Å². The standard InChI is InChI=1S/C16H25ClN2O2/c1-21-12-15(20)11-19-8-6-14(7-9-19)18-10-13-4-2-3-5-16(13)17/h2-5,14-15,18,20H,6-12H2,1H3. The molecule has 4 nitrogen and oxygen atoms in total. The molecular weight excluding hydrogens is 288 g/mol. The number of halogens is 1. The number of hydrogen-bond donors (Lipinski definition) is 2. The molecule has 1 aliphatic heterocycles. The van der Waals surface area contributed by atoms with Crippen molar-refractivity contribution >= 4 is 11.6 Å². The number of aliphatic hydroxyl groups excluding tert-OH is 1. The van der Waals surface area contributed by atoms with Gasteiger partial charge in [0.05, 0.1) is 12.7 Å². The highest BCUT2D eigenvalue weighted by molar-refractivity contribution is 6.31. The summed E-state index contributed by atoms with van der Waals surface area (Å²) in [5, 5.41) is 14.2. The number of benzene rings is 1. The maximum absolute atomic E-state index is 9.75. The van der Waals surface area contributed by atoms with E-state index in [4.69, 9.17) is 16.3 Å². The number of nitrogens with one attached hydrogen (secondary N) is 1. The lowest BCUT2D eigenvalue weighted by Crippen LogP contribution is -2.45. The molecule has 0 aliphatic carbocycles. The van der Waals surface area contributed by atoms with Crippen molar-refractivity contribution in [3.63, 3.8) is 0 Å². The molecule has 1 aliphatic rings. The number of piperidine rings is 1. The highest BCUT2D eigenvalue weighted by Crippen LogP contribution is 2.16. The van der Waals surface area contributed by atoms with Crippen molar-refractivity contribution in [1.29, 1.82) is 0 Å². The Labute approximate surface area is 132 Å². The number of likely N-dealkylation sites (tertiary alicyclic amines) is 1. The largest absolute Gasteiger partial charge is 0.389 e. The summed E-state index contributed by atoms with van der Waals surface area (Å²) < 4.78 is 4.96. The average Bonchev–Trinajstić information content (AvgIpc) is 2.48. The van der Waals surface area contributed by atoms with E-state index in [2.05, 4.69) is 16.3 Å². The van der Waals surface area contributed by atoms with Gasteiger partial charge in [-0.05, 0) is 37.6 Å². The molecule has 2 rings (SSSR count). The van der Waals surface area contributed by atoms with Gasteiger partial charge < -0.3 is 20.1 Å². The first-order chi connectivity index (χ1) is 10.2. The third-order valence-electron chi connectivity index (χ3n) is 3.95.